The largest absolute Gasteiger partial charge is 0.378 e. The zero-order valence-electron chi connectivity index (χ0n) is 10.5. The second-order valence-corrected chi connectivity index (χ2v) is 4.98. The molecule has 4 N–H and O–H groups in total. The summed E-state index contributed by atoms with van der Waals surface area (Å²) in [6.07, 6.45) is 1.14. The van der Waals surface area contributed by atoms with Gasteiger partial charge in [0.05, 0.1) is 15.1 Å². The van der Waals surface area contributed by atoms with E-state index in [0.29, 0.717) is 5.13 Å². The molecular formula is C11H9N7O2S. The Morgan fingerprint density at radius 1 is 1.24 bits per heavy atom. The molecule has 2 heterocycles. The lowest BCUT2D eigenvalue weighted by molar-refractivity contribution is -0.383. The Balaban J connectivity index is 1.85. The summed E-state index contributed by atoms with van der Waals surface area (Å²) in [6.45, 7) is 0. The van der Waals surface area contributed by atoms with Crippen LogP contribution in [0.5, 0.6) is 0 Å². The predicted octanol–water partition coefficient (Wildman–Crippen LogP) is 2.02. The summed E-state index contributed by atoms with van der Waals surface area (Å²) >= 11 is 1.41. The van der Waals surface area contributed by atoms with Gasteiger partial charge in [-0.3, -0.25) is 21.0 Å². The van der Waals surface area contributed by atoms with Gasteiger partial charge in [-0.15, -0.1) is 0 Å². The fraction of sp³-hybridized carbons (Fsp3) is 0. The van der Waals surface area contributed by atoms with Crippen molar-refractivity contribution in [1.29, 1.82) is 0 Å². The number of hydrogen-bond acceptors (Lipinski definition) is 9. The van der Waals surface area contributed by atoms with E-state index in [1.165, 1.54) is 11.3 Å². The molecule has 3 rings (SSSR count). The van der Waals surface area contributed by atoms with Crippen LogP contribution in [-0.2, 0) is 0 Å². The molecule has 3 aromatic rings. The number of rotatable bonds is 4. The molecule has 0 aliphatic rings. The van der Waals surface area contributed by atoms with E-state index in [1.54, 1.807) is 0 Å². The first-order chi connectivity index (χ1) is 10.1. The molecule has 2 aromatic heterocycles. The van der Waals surface area contributed by atoms with Crippen LogP contribution in [0.1, 0.15) is 0 Å². The number of hydrogen-bond donors (Lipinski definition) is 3. The molecule has 9 nitrogen and oxygen atoms in total. The number of aromatic nitrogens is 3. The second-order valence-electron chi connectivity index (χ2n) is 3.95. The van der Waals surface area contributed by atoms with E-state index < -0.39 is 4.92 Å². The number of benzene rings is 1. The summed E-state index contributed by atoms with van der Waals surface area (Å²) in [5.41, 5.74) is 11.4. The van der Waals surface area contributed by atoms with E-state index in [0.717, 1.165) is 16.5 Å². The van der Waals surface area contributed by atoms with Crippen molar-refractivity contribution in [2.75, 3.05) is 16.6 Å². The highest BCUT2D eigenvalue weighted by Crippen LogP contribution is 2.28. The van der Waals surface area contributed by atoms with Crippen LogP contribution in [0.25, 0.3) is 10.2 Å². The highest BCUT2D eigenvalue weighted by atomic mass is 32.1. The van der Waals surface area contributed by atoms with Gasteiger partial charge in [-0.2, -0.15) is 0 Å². The Kier molecular flexibility index (Phi) is 3.20. The molecule has 0 fully saturated rings. The van der Waals surface area contributed by atoms with Gasteiger partial charge < -0.3 is 5.73 Å². The number of thiazole rings is 1. The smallest absolute Gasteiger partial charge is 0.354 e. The maximum Gasteiger partial charge on any atom is 0.354 e. The molecule has 0 saturated carbocycles. The number of anilines is 3. The zero-order chi connectivity index (χ0) is 14.8. The monoisotopic (exact) mass is 303 g/mol. The maximum absolute atomic E-state index is 11.0. The van der Waals surface area contributed by atoms with E-state index >= 15 is 0 Å². The normalized spacial score (nSPS) is 10.5. The number of nitro groups is 1. The van der Waals surface area contributed by atoms with Crippen molar-refractivity contribution in [2.45, 2.75) is 0 Å². The van der Waals surface area contributed by atoms with Crippen molar-refractivity contribution < 1.29 is 4.92 Å². The molecule has 0 aliphatic heterocycles. The second kappa shape index (κ2) is 5.17. The average molecular weight is 303 g/mol. The lowest BCUT2D eigenvalue weighted by Gasteiger charge is -2.06. The van der Waals surface area contributed by atoms with E-state index in [4.69, 9.17) is 5.73 Å². The van der Waals surface area contributed by atoms with Crippen molar-refractivity contribution in [3.05, 3.63) is 40.7 Å². The highest BCUT2D eigenvalue weighted by molar-refractivity contribution is 7.22. The first kappa shape index (κ1) is 13.0. The van der Waals surface area contributed by atoms with Crippen molar-refractivity contribution in [3.8, 4) is 0 Å². The molecule has 1 aromatic carbocycles. The summed E-state index contributed by atoms with van der Waals surface area (Å²) in [6, 6.07) is 7.61. The number of nitrogen functional groups attached to an aromatic ring is 1. The van der Waals surface area contributed by atoms with Crippen LogP contribution in [0.15, 0.2) is 30.6 Å². The molecule has 0 saturated heterocycles. The fourth-order valence-electron chi connectivity index (χ4n) is 1.70. The molecule has 0 unspecified atom stereocenters. The van der Waals surface area contributed by atoms with E-state index in [1.807, 2.05) is 24.3 Å². The first-order valence-corrected chi connectivity index (χ1v) is 6.59. The van der Waals surface area contributed by atoms with Crippen molar-refractivity contribution >= 4 is 44.0 Å². The third-order valence-corrected chi connectivity index (χ3v) is 3.57. The van der Waals surface area contributed by atoms with Crippen LogP contribution >= 0.6 is 11.3 Å². The SMILES string of the molecule is Nc1ncnc(NNc2nc3ccccc3s2)c1[N+](=O)[O-]. The maximum atomic E-state index is 11.0. The van der Waals surface area contributed by atoms with Crippen LogP contribution < -0.4 is 16.6 Å². The van der Waals surface area contributed by atoms with Crippen LogP contribution in [0.4, 0.5) is 22.5 Å². The molecule has 0 atom stereocenters. The Morgan fingerprint density at radius 3 is 2.81 bits per heavy atom. The van der Waals surface area contributed by atoms with Gasteiger partial charge in [-0.05, 0) is 12.1 Å². The highest BCUT2D eigenvalue weighted by Gasteiger charge is 2.20. The average Bonchev–Trinajstić information content (AvgIpc) is 2.87. The van der Waals surface area contributed by atoms with Crippen LogP contribution in [0, 0.1) is 10.1 Å². The third kappa shape index (κ3) is 2.51. The van der Waals surface area contributed by atoms with Crippen molar-refractivity contribution in [1.82, 2.24) is 15.0 Å². The zero-order valence-corrected chi connectivity index (χ0v) is 11.3. The molecule has 0 radical (unpaired) electrons. The van der Waals surface area contributed by atoms with Crippen LogP contribution in [0.3, 0.4) is 0 Å². The molecule has 21 heavy (non-hydrogen) atoms. The summed E-state index contributed by atoms with van der Waals surface area (Å²) in [5.74, 6) is -0.227. The predicted molar refractivity (Wildman–Crippen MR) is 80.0 cm³/mol. The lowest BCUT2D eigenvalue weighted by atomic mass is 10.3. The minimum absolute atomic E-state index is 0.0215. The third-order valence-electron chi connectivity index (χ3n) is 2.61. The number of nitrogens with zero attached hydrogens (tertiary/aromatic N) is 4. The molecule has 106 valence electrons. The van der Waals surface area contributed by atoms with E-state index in [2.05, 4.69) is 25.8 Å². The molecule has 10 heteroatoms. The minimum atomic E-state index is -0.641. The molecule has 0 bridgehead atoms. The summed E-state index contributed by atoms with van der Waals surface area (Å²) in [5, 5.41) is 11.5. The van der Waals surface area contributed by atoms with E-state index in [9.17, 15) is 10.1 Å². The molecule has 0 amide bonds. The number of nitrogens with one attached hydrogen (secondary N) is 2. The topological polar surface area (TPSA) is 132 Å². The lowest BCUT2D eigenvalue weighted by Crippen LogP contribution is -2.13. The Bertz CT molecular complexity index is 786. The van der Waals surface area contributed by atoms with Crippen LogP contribution in [0.2, 0.25) is 0 Å². The minimum Gasteiger partial charge on any atom is -0.378 e. The summed E-state index contributed by atoms with van der Waals surface area (Å²) in [4.78, 5) is 22.0. The standard InChI is InChI=1S/C11H9N7O2S/c12-9-8(18(19)20)10(14-5-13-9)16-17-11-15-6-3-1-2-4-7(6)21-11/h1-5H,(H,15,17)(H3,12,13,14,16). The van der Waals surface area contributed by atoms with Gasteiger partial charge in [-0.25, -0.2) is 15.0 Å². The molecular weight excluding hydrogens is 294 g/mol. The summed E-state index contributed by atoms with van der Waals surface area (Å²) in [7, 11) is 0. The molecule has 0 aliphatic carbocycles. The van der Waals surface area contributed by atoms with Gasteiger partial charge in [0.2, 0.25) is 16.8 Å². The summed E-state index contributed by atoms with van der Waals surface area (Å²) < 4.78 is 0.999. The van der Waals surface area contributed by atoms with Crippen molar-refractivity contribution in [2.24, 2.45) is 0 Å². The molecule has 0 spiro atoms. The van der Waals surface area contributed by atoms with Gasteiger partial charge >= 0.3 is 5.69 Å². The van der Waals surface area contributed by atoms with Gasteiger partial charge in [0.15, 0.2) is 0 Å². The Hall–Kier alpha value is -3.01. The number of fused-ring (bicyclic) bond motifs is 1. The van der Waals surface area contributed by atoms with Gasteiger partial charge in [0, 0.05) is 0 Å². The fourth-order valence-corrected chi connectivity index (χ4v) is 2.52. The quantitative estimate of drug-likeness (QED) is 0.492. The Labute approximate surface area is 122 Å². The first-order valence-electron chi connectivity index (χ1n) is 5.77. The number of nitrogens with two attached hydrogens (primary N) is 1. The van der Waals surface area contributed by atoms with Gasteiger partial charge in [-0.1, -0.05) is 23.5 Å². The van der Waals surface area contributed by atoms with Crippen molar-refractivity contribution in [3.63, 3.8) is 0 Å². The number of para-hydroxylation sites is 1. The van der Waals surface area contributed by atoms with E-state index in [-0.39, 0.29) is 17.3 Å². The number of hydrazine groups is 1. The van der Waals surface area contributed by atoms with Gasteiger partial charge in [0.25, 0.3) is 0 Å². The van der Waals surface area contributed by atoms with Crippen LogP contribution in [-0.4, -0.2) is 19.9 Å². The van der Waals surface area contributed by atoms with Gasteiger partial charge in [0.1, 0.15) is 6.33 Å². The Morgan fingerprint density at radius 2 is 2.05 bits per heavy atom.